The second-order valence-corrected chi connectivity index (χ2v) is 2.18. The van der Waals surface area contributed by atoms with E-state index >= 15 is 0 Å². The predicted molar refractivity (Wildman–Crippen MR) is 33.4 cm³/mol. The molecule has 9 heavy (non-hydrogen) atoms. The van der Waals surface area contributed by atoms with Gasteiger partial charge in [-0.25, -0.2) is 0 Å². The third-order valence-electron chi connectivity index (χ3n) is 1.41. The minimum absolute atomic E-state index is 0.191. The van der Waals surface area contributed by atoms with Crippen LogP contribution in [0.1, 0.15) is 19.3 Å². The molecule has 50 valence electrons. The van der Waals surface area contributed by atoms with Gasteiger partial charge < -0.3 is 4.79 Å². The largest absolute Gasteiger partial charge is 0.303 e. The van der Waals surface area contributed by atoms with Gasteiger partial charge in [-0.3, -0.25) is 0 Å². The van der Waals surface area contributed by atoms with E-state index in [9.17, 15) is 4.79 Å². The smallest absolute Gasteiger partial charge is 0.122 e. The first-order chi connectivity index (χ1) is 4.43. The van der Waals surface area contributed by atoms with E-state index in [0.29, 0.717) is 6.42 Å². The summed E-state index contributed by atoms with van der Waals surface area (Å²) in [5.74, 6) is 0. The maximum atomic E-state index is 9.97. The lowest BCUT2D eigenvalue weighted by atomic mass is 10.1. The molecule has 0 saturated heterocycles. The van der Waals surface area contributed by atoms with Crippen LogP contribution in [0.15, 0.2) is 10.2 Å². The van der Waals surface area contributed by atoms with Crippen LogP contribution in [0.5, 0.6) is 0 Å². The zero-order valence-corrected chi connectivity index (χ0v) is 5.29. The van der Waals surface area contributed by atoms with Crippen LogP contribution in [0.4, 0.5) is 0 Å². The molecule has 0 amide bonds. The first-order valence-corrected chi connectivity index (χ1v) is 3.23. The molecule has 0 bridgehead atoms. The third kappa shape index (κ3) is 1.91. The molecule has 0 aromatic rings. The van der Waals surface area contributed by atoms with E-state index in [2.05, 4.69) is 10.2 Å². The quantitative estimate of drug-likeness (QED) is 0.512. The summed E-state index contributed by atoms with van der Waals surface area (Å²) in [5, 5.41) is 7.76. The van der Waals surface area contributed by atoms with Gasteiger partial charge in [-0.1, -0.05) is 0 Å². The summed E-state index contributed by atoms with van der Waals surface area (Å²) in [7, 11) is 0. The van der Waals surface area contributed by atoms with E-state index in [0.717, 1.165) is 25.7 Å². The van der Waals surface area contributed by atoms with E-state index in [1.165, 1.54) is 0 Å². The summed E-state index contributed by atoms with van der Waals surface area (Å²) < 4.78 is 0. The maximum absolute atomic E-state index is 9.97. The van der Waals surface area contributed by atoms with Crippen molar-refractivity contribution in [3.63, 3.8) is 0 Å². The Balaban J connectivity index is 2.31. The van der Waals surface area contributed by atoms with Crippen LogP contribution in [0.3, 0.4) is 0 Å². The standard InChI is InChI=1S/C6H10N2O/c9-5-3-6-2-1-4-7-8-6/h5-6H,1-4H2. The lowest BCUT2D eigenvalue weighted by Gasteiger charge is -2.09. The third-order valence-corrected chi connectivity index (χ3v) is 1.41. The number of rotatable bonds is 2. The topological polar surface area (TPSA) is 41.8 Å². The Hall–Kier alpha value is -0.730. The minimum atomic E-state index is 0.191. The van der Waals surface area contributed by atoms with E-state index in [1.54, 1.807) is 0 Å². The molecule has 1 aliphatic rings. The molecule has 1 unspecified atom stereocenters. The Morgan fingerprint density at radius 1 is 1.67 bits per heavy atom. The van der Waals surface area contributed by atoms with Gasteiger partial charge in [-0.2, -0.15) is 10.2 Å². The second kappa shape index (κ2) is 3.33. The molecule has 0 fully saturated rings. The van der Waals surface area contributed by atoms with Crippen LogP contribution in [-0.2, 0) is 4.79 Å². The summed E-state index contributed by atoms with van der Waals surface area (Å²) >= 11 is 0. The first-order valence-electron chi connectivity index (χ1n) is 3.23. The van der Waals surface area contributed by atoms with Crippen molar-refractivity contribution in [3.05, 3.63) is 0 Å². The fourth-order valence-electron chi connectivity index (χ4n) is 0.905. The van der Waals surface area contributed by atoms with Crippen molar-refractivity contribution in [2.75, 3.05) is 6.54 Å². The predicted octanol–water partition coefficient (Wildman–Crippen LogP) is 1.19. The number of carbonyl (C=O) groups excluding carboxylic acids is 1. The molecular formula is C6H10N2O. The Labute approximate surface area is 54.2 Å². The van der Waals surface area contributed by atoms with Crippen molar-refractivity contribution in [2.45, 2.75) is 25.3 Å². The number of carbonyl (C=O) groups is 1. The van der Waals surface area contributed by atoms with E-state index < -0.39 is 0 Å². The maximum Gasteiger partial charge on any atom is 0.122 e. The lowest BCUT2D eigenvalue weighted by molar-refractivity contribution is -0.108. The summed E-state index contributed by atoms with van der Waals surface area (Å²) in [5.41, 5.74) is 0. The zero-order chi connectivity index (χ0) is 6.53. The molecule has 0 N–H and O–H groups in total. The summed E-state index contributed by atoms with van der Waals surface area (Å²) in [4.78, 5) is 9.97. The Morgan fingerprint density at radius 2 is 2.56 bits per heavy atom. The van der Waals surface area contributed by atoms with Gasteiger partial charge in [0, 0.05) is 6.42 Å². The van der Waals surface area contributed by atoms with Crippen LogP contribution in [-0.4, -0.2) is 18.9 Å². The van der Waals surface area contributed by atoms with Crippen molar-refractivity contribution >= 4 is 6.29 Å². The first kappa shape index (κ1) is 6.39. The molecule has 0 aliphatic carbocycles. The van der Waals surface area contributed by atoms with Gasteiger partial charge in [0.25, 0.3) is 0 Å². The minimum Gasteiger partial charge on any atom is -0.303 e. The van der Waals surface area contributed by atoms with Crippen molar-refractivity contribution in [1.82, 2.24) is 0 Å². The number of aldehydes is 1. The Kier molecular flexibility index (Phi) is 2.36. The van der Waals surface area contributed by atoms with Gasteiger partial charge in [-0.15, -0.1) is 0 Å². The zero-order valence-electron chi connectivity index (χ0n) is 5.29. The molecular weight excluding hydrogens is 116 g/mol. The van der Waals surface area contributed by atoms with Crippen LogP contribution in [0.2, 0.25) is 0 Å². The highest BCUT2D eigenvalue weighted by Gasteiger charge is 2.08. The molecule has 0 spiro atoms. The monoisotopic (exact) mass is 126 g/mol. The molecule has 1 aliphatic heterocycles. The fourth-order valence-corrected chi connectivity index (χ4v) is 0.905. The molecule has 1 heterocycles. The van der Waals surface area contributed by atoms with Crippen molar-refractivity contribution < 1.29 is 4.79 Å². The lowest BCUT2D eigenvalue weighted by Crippen LogP contribution is -2.08. The van der Waals surface area contributed by atoms with Gasteiger partial charge in [-0.05, 0) is 12.8 Å². The summed E-state index contributed by atoms with van der Waals surface area (Å²) in [6.45, 7) is 0.843. The Bertz CT molecular complexity index is 122. The molecule has 1 rings (SSSR count). The van der Waals surface area contributed by atoms with E-state index in [1.807, 2.05) is 0 Å². The van der Waals surface area contributed by atoms with Crippen LogP contribution >= 0.6 is 0 Å². The summed E-state index contributed by atoms with van der Waals surface area (Å²) in [6, 6.07) is 0.191. The molecule has 1 atom stereocenters. The average Bonchev–Trinajstić information content (AvgIpc) is 1.91. The average molecular weight is 126 g/mol. The fraction of sp³-hybridized carbons (Fsp3) is 0.833. The number of hydrogen-bond donors (Lipinski definition) is 0. The molecule has 3 heteroatoms. The molecule has 3 nitrogen and oxygen atoms in total. The van der Waals surface area contributed by atoms with E-state index in [4.69, 9.17) is 0 Å². The Morgan fingerprint density at radius 3 is 3.11 bits per heavy atom. The SMILES string of the molecule is O=CCC1CCCN=N1. The van der Waals surface area contributed by atoms with Gasteiger partial charge >= 0.3 is 0 Å². The van der Waals surface area contributed by atoms with Gasteiger partial charge in [0.05, 0.1) is 12.6 Å². The highest BCUT2D eigenvalue weighted by molar-refractivity contribution is 5.50. The van der Waals surface area contributed by atoms with Crippen molar-refractivity contribution in [2.24, 2.45) is 10.2 Å². The van der Waals surface area contributed by atoms with E-state index in [-0.39, 0.29) is 6.04 Å². The van der Waals surface area contributed by atoms with Crippen LogP contribution < -0.4 is 0 Å². The molecule has 0 aromatic heterocycles. The normalized spacial score (nSPS) is 26.0. The number of hydrogen-bond acceptors (Lipinski definition) is 3. The van der Waals surface area contributed by atoms with Gasteiger partial charge in [0.2, 0.25) is 0 Å². The van der Waals surface area contributed by atoms with Crippen LogP contribution in [0, 0.1) is 0 Å². The van der Waals surface area contributed by atoms with Crippen LogP contribution in [0.25, 0.3) is 0 Å². The van der Waals surface area contributed by atoms with Crippen molar-refractivity contribution in [1.29, 1.82) is 0 Å². The highest BCUT2D eigenvalue weighted by Crippen LogP contribution is 2.10. The number of azo groups is 1. The summed E-state index contributed by atoms with van der Waals surface area (Å²) in [6.07, 6.45) is 3.57. The molecule has 0 radical (unpaired) electrons. The molecule has 0 aromatic carbocycles. The van der Waals surface area contributed by atoms with Gasteiger partial charge in [0.1, 0.15) is 6.29 Å². The second-order valence-electron chi connectivity index (χ2n) is 2.18. The van der Waals surface area contributed by atoms with Gasteiger partial charge in [0.15, 0.2) is 0 Å². The highest BCUT2D eigenvalue weighted by atomic mass is 16.1. The number of nitrogens with zero attached hydrogens (tertiary/aromatic N) is 2. The van der Waals surface area contributed by atoms with Crippen molar-refractivity contribution in [3.8, 4) is 0 Å². The molecule has 0 saturated carbocycles.